The number of rotatable bonds is 3. The lowest BCUT2D eigenvalue weighted by Gasteiger charge is -1.99. The number of hydrogen-bond donors (Lipinski definition) is 1. The van der Waals surface area contributed by atoms with Crippen LogP contribution >= 0.6 is 11.6 Å². The summed E-state index contributed by atoms with van der Waals surface area (Å²) in [6.07, 6.45) is 3.19. The number of imidazole rings is 1. The second-order valence-corrected chi connectivity index (χ2v) is 2.78. The minimum absolute atomic E-state index is 0.196. The summed E-state index contributed by atoms with van der Waals surface area (Å²) in [5.41, 5.74) is 0.987. The summed E-state index contributed by atoms with van der Waals surface area (Å²) < 4.78 is 1.87. The van der Waals surface area contributed by atoms with Gasteiger partial charge >= 0.3 is 0 Å². The highest BCUT2D eigenvalue weighted by atomic mass is 35.5. The monoisotopic (exact) mass is 174 g/mol. The molecule has 0 saturated carbocycles. The van der Waals surface area contributed by atoms with E-state index in [2.05, 4.69) is 4.98 Å². The second-order valence-electron chi connectivity index (χ2n) is 2.42. The third kappa shape index (κ3) is 1.94. The summed E-state index contributed by atoms with van der Waals surface area (Å²) >= 11 is 5.77. The zero-order chi connectivity index (χ0) is 8.27. The molecular weight excluding hydrogens is 164 g/mol. The van der Waals surface area contributed by atoms with Crippen molar-refractivity contribution in [1.82, 2.24) is 9.55 Å². The van der Waals surface area contributed by atoms with E-state index in [1.165, 1.54) is 0 Å². The quantitative estimate of drug-likeness (QED) is 0.743. The Hall–Kier alpha value is -0.540. The minimum atomic E-state index is 0.196. The number of aromatic nitrogens is 2. The van der Waals surface area contributed by atoms with E-state index in [0.717, 1.165) is 18.5 Å². The second kappa shape index (κ2) is 3.74. The van der Waals surface area contributed by atoms with Crippen LogP contribution in [0.1, 0.15) is 12.1 Å². The molecule has 1 aromatic heterocycles. The first-order chi connectivity index (χ1) is 5.25. The van der Waals surface area contributed by atoms with Gasteiger partial charge in [0.05, 0.1) is 12.0 Å². The van der Waals surface area contributed by atoms with Gasteiger partial charge in [0.2, 0.25) is 0 Å². The first kappa shape index (κ1) is 8.56. The zero-order valence-electron chi connectivity index (χ0n) is 6.42. The SMILES string of the molecule is Cn1cnc(Cl)c1CCCO. The van der Waals surface area contributed by atoms with Gasteiger partial charge in [-0.1, -0.05) is 11.6 Å². The first-order valence-electron chi connectivity index (χ1n) is 3.52. The van der Waals surface area contributed by atoms with Crippen LogP contribution in [0, 0.1) is 0 Å². The van der Waals surface area contributed by atoms with Crippen molar-refractivity contribution < 1.29 is 5.11 Å². The Kier molecular flexibility index (Phi) is 2.91. The van der Waals surface area contributed by atoms with E-state index in [9.17, 15) is 0 Å². The average Bonchev–Trinajstić information content (AvgIpc) is 2.29. The molecular formula is C7H11ClN2O. The Labute approximate surface area is 70.6 Å². The molecule has 1 aromatic rings. The smallest absolute Gasteiger partial charge is 0.150 e. The van der Waals surface area contributed by atoms with Crippen molar-refractivity contribution in [3.8, 4) is 0 Å². The van der Waals surface area contributed by atoms with Crippen LogP contribution in [0.3, 0.4) is 0 Å². The van der Waals surface area contributed by atoms with Gasteiger partial charge in [-0.2, -0.15) is 0 Å². The molecule has 0 bridgehead atoms. The highest BCUT2D eigenvalue weighted by Crippen LogP contribution is 2.13. The zero-order valence-corrected chi connectivity index (χ0v) is 7.17. The van der Waals surface area contributed by atoms with Crippen LogP contribution in [-0.2, 0) is 13.5 Å². The molecule has 0 spiro atoms. The van der Waals surface area contributed by atoms with E-state index in [-0.39, 0.29) is 6.61 Å². The lowest BCUT2D eigenvalue weighted by molar-refractivity contribution is 0.287. The molecule has 0 fully saturated rings. The normalized spacial score (nSPS) is 10.5. The summed E-state index contributed by atoms with van der Waals surface area (Å²) in [7, 11) is 1.89. The third-order valence-corrected chi connectivity index (χ3v) is 1.90. The van der Waals surface area contributed by atoms with Crippen LogP contribution in [0.4, 0.5) is 0 Å². The molecule has 0 saturated heterocycles. The van der Waals surface area contributed by atoms with Gasteiger partial charge in [-0.25, -0.2) is 4.98 Å². The maximum Gasteiger partial charge on any atom is 0.150 e. The van der Waals surface area contributed by atoms with Gasteiger partial charge in [0.1, 0.15) is 5.15 Å². The van der Waals surface area contributed by atoms with Crippen LogP contribution in [0.15, 0.2) is 6.33 Å². The fraction of sp³-hybridized carbons (Fsp3) is 0.571. The van der Waals surface area contributed by atoms with Gasteiger partial charge in [0.25, 0.3) is 0 Å². The van der Waals surface area contributed by atoms with Crippen molar-refractivity contribution in [1.29, 1.82) is 0 Å². The largest absolute Gasteiger partial charge is 0.396 e. The van der Waals surface area contributed by atoms with Crippen molar-refractivity contribution >= 4 is 11.6 Å². The highest BCUT2D eigenvalue weighted by molar-refractivity contribution is 6.30. The first-order valence-corrected chi connectivity index (χ1v) is 3.90. The average molecular weight is 175 g/mol. The molecule has 11 heavy (non-hydrogen) atoms. The number of aliphatic hydroxyl groups excluding tert-OH is 1. The fourth-order valence-corrected chi connectivity index (χ4v) is 1.22. The van der Waals surface area contributed by atoms with E-state index in [4.69, 9.17) is 16.7 Å². The molecule has 1 N–H and O–H groups in total. The summed E-state index contributed by atoms with van der Waals surface area (Å²) in [6.45, 7) is 0.196. The van der Waals surface area contributed by atoms with Crippen molar-refractivity contribution in [3.05, 3.63) is 17.2 Å². The highest BCUT2D eigenvalue weighted by Gasteiger charge is 2.04. The maximum atomic E-state index is 8.57. The molecule has 0 atom stereocenters. The molecule has 4 heteroatoms. The molecule has 0 unspecified atom stereocenters. The van der Waals surface area contributed by atoms with E-state index >= 15 is 0 Å². The van der Waals surface area contributed by atoms with Gasteiger partial charge in [0.15, 0.2) is 0 Å². The summed E-state index contributed by atoms with van der Waals surface area (Å²) in [4.78, 5) is 3.92. The van der Waals surface area contributed by atoms with Gasteiger partial charge in [-0.15, -0.1) is 0 Å². The molecule has 62 valence electrons. The van der Waals surface area contributed by atoms with Crippen molar-refractivity contribution in [2.75, 3.05) is 6.61 Å². The lowest BCUT2D eigenvalue weighted by Crippen LogP contribution is -1.97. The van der Waals surface area contributed by atoms with Gasteiger partial charge in [0, 0.05) is 13.7 Å². The molecule has 1 rings (SSSR count). The number of hydrogen-bond acceptors (Lipinski definition) is 2. The predicted octanol–water partition coefficient (Wildman–Crippen LogP) is 0.998. The van der Waals surface area contributed by atoms with E-state index in [1.807, 2.05) is 11.6 Å². The molecule has 0 aliphatic rings. The van der Waals surface area contributed by atoms with Gasteiger partial charge in [-0.05, 0) is 12.8 Å². The van der Waals surface area contributed by atoms with Crippen LogP contribution in [-0.4, -0.2) is 21.3 Å². The maximum absolute atomic E-state index is 8.57. The Balaban J connectivity index is 2.67. The Morgan fingerprint density at radius 1 is 1.73 bits per heavy atom. The predicted molar refractivity (Wildman–Crippen MR) is 43.6 cm³/mol. The Morgan fingerprint density at radius 2 is 2.45 bits per heavy atom. The molecule has 0 amide bonds. The van der Waals surface area contributed by atoms with Crippen LogP contribution < -0.4 is 0 Å². The van der Waals surface area contributed by atoms with Crippen LogP contribution in [0.25, 0.3) is 0 Å². The van der Waals surface area contributed by atoms with Crippen molar-refractivity contribution in [2.45, 2.75) is 12.8 Å². The number of aliphatic hydroxyl groups is 1. The summed E-state index contributed by atoms with van der Waals surface area (Å²) in [5.74, 6) is 0. The van der Waals surface area contributed by atoms with Crippen molar-refractivity contribution in [3.63, 3.8) is 0 Å². The molecule has 1 heterocycles. The molecule has 0 aliphatic heterocycles. The molecule has 0 radical (unpaired) electrons. The van der Waals surface area contributed by atoms with Crippen molar-refractivity contribution in [2.24, 2.45) is 7.05 Å². The number of halogens is 1. The number of nitrogens with zero attached hydrogens (tertiary/aromatic N) is 2. The minimum Gasteiger partial charge on any atom is -0.396 e. The fourth-order valence-electron chi connectivity index (χ4n) is 0.953. The molecule has 3 nitrogen and oxygen atoms in total. The Morgan fingerprint density at radius 3 is 2.91 bits per heavy atom. The summed E-state index contributed by atoms with van der Waals surface area (Å²) in [5, 5.41) is 9.12. The van der Waals surface area contributed by atoms with E-state index in [1.54, 1.807) is 6.33 Å². The standard InChI is InChI=1S/C7H11ClN2O/c1-10-5-9-7(8)6(10)3-2-4-11/h5,11H,2-4H2,1H3. The van der Waals surface area contributed by atoms with E-state index in [0.29, 0.717) is 5.15 Å². The molecule has 0 aliphatic carbocycles. The number of aryl methyl sites for hydroxylation is 1. The molecule has 0 aromatic carbocycles. The lowest BCUT2D eigenvalue weighted by atomic mass is 10.2. The summed E-state index contributed by atoms with van der Waals surface area (Å²) in [6, 6.07) is 0. The van der Waals surface area contributed by atoms with Gasteiger partial charge < -0.3 is 9.67 Å². The third-order valence-electron chi connectivity index (χ3n) is 1.58. The van der Waals surface area contributed by atoms with Crippen LogP contribution in [0.2, 0.25) is 5.15 Å². The topological polar surface area (TPSA) is 38.0 Å². The Bertz CT molecular complexity index is 215. The van der Waals surface area contributed by atoms with Gasteiger partial charge in [-0.3, -0.25) is 0 Å². The van der Waals surface area contributed by atoms with E-state index < -0.39 is 0 Å². The van der Waals surface area contributed by atoms with Crippen LogP contribution in [0.5, 0.6) is 0 Å².